The first-order valence-electron chi connectivity index (χ1n) is 7.63. The van der Waals surface area contributed by atoms with Gasteiger partial charge in [-0.1, -0.05) is 29.8 Å². The second-order valence-electron chi connectivity index (χ2n) is 5.99. The molecule has 0 unspecified atom stereocenters. The van der Waals surface area contributed by atoms with Gasteiger partial charge >= 0.3 is 0 Å². The van der Waals surface area contributed by atoms with Gasteiger partial charge in [0.15, 0.2) is 0 Å². The van der Waals surface area contributed by atoms with E-state index in [0.29, 0.717) is 6.61 Å². The molecule has 2 heteroatoms. The minimum Gasteiger partial charge on any atom is -0.489 e. The molecule has 1 aliphatic rings. The van der Waals surface area contributed by atoms with Gasteiger partial charge in [0, 0.05) is 0 Å². The van der Waals surface area contributed by atoms with Crippen molar-refractivity contribution in [3.05, 3.63) is 64.2 Å². The molecular weight excluding hydrogens is 260 g/mol. The zero-order chi connectivity index (χ0) is 14.8. The number of rotatable bonds is 3. The van der Waals surface area contributed by atoms with Gasteiger partial charge in [-0.3, -0.25) is 0 Å². The van der Waals surface area contributed by atoms with E-state index < -0.39 is 0 Å². The summed E-state index contributed by atoms with van der Waals surface area (Å²) in [4.78, 5) is 0. The summed E-state index contributed by atoms with van der Waals surface area (Å²) in [5.74, 6) is 0.843. The third-order valence-corrected chi connectivity index (χ3v) is 4.30. The normalized spacial score (nSPS) is 17.4. The van der Waals surface area contributed by atoms with E-state index in [4.69, 9.17) is 4.74 Å². The van der Waals surface area contributed by atoms with Gasteiger partial charge in [-0.2, -0.15) is 0 Å². The van der Waals surface area contributed by atoms with Crippen molar-refractivity contribution >= 4 is 0 Å². The van der Waals surface area contributed by atoms with Crippen LogP contribution < -0.4 is 4.74 Å². The van der Waals surface area contributed by atoms with Crippen LogP contribution in [-0.2, 0) is 13.0 Å². The third-order valence-electron chi connectivity index (χ3n) is 4.30. The summed E-state index contributed by atoms with van der Waals surface area (Å²) in [6.07, 6.45) is 2.64. The summed E-state index contributed by atoms with van der Waals surface area (Å²) < 4.78 is 5.93. The first kappa shape index (κ1) is 14.2. The van der Waals surface area contributed by atoms with Gasteiger partial charge in [0.2, 0.25) is 0 Å². The largest absolute Gasteiger partial charge is 0.489 e. The van der Waals surface area contributed by atoms with Crippen LogP contribution in [0.25, 0.3) is 0 Å². The molecule has 2 nitrogen and oxygen atoms in total. The zero-order valence-corrected chi connectivity index (χ0v) is 12.7. The van der Waals surface area contributed by atoms with Crippen LogP contribution in [0.15, 0.2) is 36.4 Å². The van der Waals surface area contributed by atoms with E-state index in [1.807, 2.05) is 12.1 Å². The summed E-state index contributed by atoms with van der Waals surface area (Å²) >= 11 is 0. The summed E-state index contributed by atoms with van der Waals surface area (Å²) in [6.45, 7) is 4.77. The smallest absolute Gasteiger partial charge is 0.120 e. The van der Waals surface area contributed by atoms with Crippen molar-refractivity contribution in [3.63, 3.8) is 0 Å². The van der Waals surface area contributed by atoms with Gasteiger partial charge in [0.05, 0.1) is 6.10 Å². The van der Waals surface area contributed by atoms with E-state index in [1.54, 1.807) is 0 Å². The highest BCUT2D eigenvalue weighted by atomic mass is 16.5. The molecule has 1 atom stereocenters. The van der Waals surface area contributed by atoms with Gasteiger partial charge in [0.1, 0.15) is 12.4 Å². The van der Waals surface area contributed by atoms with Crippen molar-refractivity contribution in [1.82, 2.24) is 0 Å². The monoisotopic (exact) mass is 282 g/mol. The Kier molecular flexibility index (Phi) is 3.98. The van der Waals surface area contributed by atoms with Crippen LogP contribution in [0.4, 0.5) is 0 Å². The van der Waals surface area contributed by atoms with Crippen molar-refractivity contribution < 1.29 is 9.84 Å². The molecule has 1 aliphatic carbocycles. The average Bonchev–Trinajstić information content (AvgIpc) is 2.49. The zero-order valence-electron chi connectivity index (χ0n) is 12.7. The van der Waals surface area contributed by atoms with Gasteiger partial charge in [-0.15, -0.1) is 0 Å². The second-order valence-corrected chi connectivity index (χ2v) is 5.99. The first-order valence-corrected chi connectivity index (χ1v) is 7.63. The summed E-state index contributed by atoms with van der Waals surface area (Å²) in [7, 11) is 0. The molecule has 3 rings (SSSR count). The summed E-state index contributed by atoms with van der Waals surface area (Å²) in [5, 5.41) is 10.1. The van der Waals surface area contributed by atoms with Crippen LogP contribution >= 0.6 is 0 Å². The van der Waals surface area contributed by atoms with E-state index in [-0.39, 0.29) is 6.10 Å². The van der Waals surface area contributed by atoms with Crippen molar-refractivity contribution in [2.24, 2.45) is 0 Å². The van der Waals surface area contributed by atoms with Crippen molar-refractivity contribution in [3.8, 4) is 5.75 Å². The molecule has 0 saturated heterocycles. The average molecular weight is 282 g/mol. The lowest BCUT2D eigenvalue weighted by atomic mass is 9.89. The maximum Gasteiger partial charge on any atom is 0.120 e. The number of benzene rings is 2. The fourth-order valence-electron chi connectivity index (χ4n) is 2.96. The quantitative estimate of drug-likeness (QED) is 0.911. The Morgan fingerprint density at radius 1 is 1.14 bits per heavy atom. The number of fused-ring (bicyclic) bond motifs is 1. The fraction of sp³-hybridized carbons (Fsp3) is 0.368. The topological polar surface area (TPSA) is 29.5 Å². The molecule has 110 valence electrons. The third kappa shape index (κ3) is 3.11. The van der Waals surface area contributed by atoms with Crippen LogP contribution in [0.1, 0.15) is 46.8 Å². The molecule has 2 aromatic carbocycles. The minimum absolute atomic E-state index is 0.335. The van der Waals surface area contributed by atoms with Crippen LogP contribution in [0.5, 0.6) is 5.75 Å². The maximum atomic E-state index is 10.1. The molecule has 0 saturated carbocycles. The lowest BCUT2D eigenvalue weighted by Gasteiger charge is -2.22. The van der Waals surface area contributed by atoms with Gasteiger partial charge in [0.25, 0.3) is 0 Å². The number of aryl methyl sites for hydroxylation is 3. The Hall–Kier alpha value is -1.80. The Morgan fingerprint density at radius 2 is 2.00 bits per heavy atom. The Labute approximate surface area is 126 Å². The van der Waals surface area contributed by atoms with Crippen molar-refractivity contribution in [1.29, 1.82) is 0 Å². The fourth-order valence-corrected chi connectivity index (χ4v) is 2.96. The highest BCUT2D eigenvalue weighted by Gasteiger charge is 2.18. The van der Waals surface area contributed by atoms with Crippen LogP contribution in [-0.4, -0.2) is 5.11 Å². The molecule has 21 heavy (non-hydrogen) atoms. The standard InChI is InChI=1S/C19H22O2/c1-13-6-7-14(2)16(10-13)12-21-17-9-8-15-4-3-5-19(20)18(15)11-17/h6-11,19-20H,3-5,12H2,1-2H3/t19-/m1/s1. The number of aliphatic hydroxyl groups is 1. The molecule has 0 aromatic heterocycles. The maximum absolute atomic E-state index is 10.1. The van der Waals surface area contributed by atoms with Crippen LogP contribution in [0.2, 0.25) is 0 Å². The molecule has 0 fully saturated rings. The Balaban J connectivity index is 1.76. The van der Waals surface area contributed by atoms with E-state index >= 15 is 0 Å². The predicted molar refractivity (Wildman–Crippen MR) is 84.6 cm³/mol. The van der Waals surface area contributed by atoms with E-state index in [0.717, 1.165) is 30.6 Å². The SMILES string of the molecule is Cc1ccc(C)c(COc2ccc3c(c2)[C@H](O)CCC3)c1. The second kappa shape index (κ2) is 5.90. The molecule has 0 radical (unpaired) electrons. The highest BCUT2D eigenvalue weighted by molar-refractivity contribution is 5.39. The molecular formula is C19H22O2. The van der Waals surface area contributed by atoms with Gasteiger partial charge < -0.3 is 9.84 Å². The molecule has 2 aromatic rings. The van der Waals surface area contributed by atoms with Crippen LogP contribution in [0.3, 0.4) is 0 Å². The number of hydrogen-bond acceptors (Lipinski definition) is 2. The van der Waals surface area contributed by atoms with Gasteiger partial charge in [-0.05, 0) is 67.5 Å². The van der Waals surface area contributed by atoms with Crippen molar-refractivity contribution in [2.75, 3.05) is 0 Å². The number of hydrogen-bond donors (Lipinski definition) is 1. The lowest BCUT2D eigenvalue weighted by Crippen LogP contribution is -2.09. The first-order chi connectivity index (χ1) is 10.1. The van der Waals surface area contributed by atoms with E-state index in [2.05, 4.69) is 38.1 Å². The van der Waals surface area contributed by atoms with E-state index in [9.17, 15) is 5.11 Å². The molecule has 0 spiro atoms. The molecule has 1 N–H and O–H groups in total. The molecule has 0 bridgehead atoms. The van der Waals surface area contributed by atoms with Gasteiger partial charge in [-0.25, -0.2) is 0 Å². The molecule has 0 aliphatic heterocycles. The highest BCUT2D eigenvalue weighted by Crippen LogP contribution is 2.32. The summed E-state index contributed by atoms with van der Waals surface area (Å²) in [6, 6.07) is 12.5. The predicted octanol–water partition coefficient (Wildman–Crippen LogP) is 4.25. The summed E-state index contributed by atoms with van der Waals surface area (Å²) in [5.41, 5.74) is 6.01. The minimum atomic E-state index is -0.335. The van der Waals surface area contributed by atoms with Crippen molar-refractivity contribution in [2.45, 2.75) is 45.8 Å². The molecule has 0 heterocycles. The number of aliphatic hydroxyl groups excluding tert-OH is 1. The Morgan fingerprint density at radius 3 is 2.86 bits per heavy atom. The van der Waals surface area contributed by atoms with Crippen LogP contribution in [0, 0.1) is 13.8 Å². The Bertz CT molecular complexity index is 646. The number of ether oxygens (including phenoxy) is 1. The molecule has 0 amide bonds. The lowest BCUT2D eigenvalue weighted by molar-refractivity contribution is 0.156. The van der Waals surface area contributed by atoms with E-state index in [1.165, 1.54) is 22.3 Å².